The summed E-state index contributed by atoms with van der Waals surface area (Å²) in [4.78, 5) is 2.46. The van der Waals surface area contributed by atoms with E-state index in [1.165, 1.54) is 0 Å². The van der Waals surface area contributed by atoms with Crippen LogP contribution in [0, 0.1) is 6.92 Å². The Kier molecular flexibility index (Phi) is 5.42. The van der Waals surface area contributed by atoms with Gasteiger partial charge in [0.1, 0.15) is 4.99 Å². The third-order valence-corrected chi connectivity index (χ3v) is 3.75. The van der Waals surface area contributed by atoms with Crippen LogP contribution in [-0.4, -0.2) is 16.8 Å². The lowest BCUT2D eigenvalue weighted by Crippen LogP contribution is -2.37. The summed E-state index contributed by atoms with van der Waals surface area (Å²) in [6, 6.07) is 17.8. The highest BCUT2D eigenvalue weighted by Gasteiger charge is 2.20. The van der Waals surface area contributed by atoms with Gasteiger partial charge in [-0.1, -0.05) is 60.7 Å². The quantitative estimate of drug-likeness (QED) is 0.773. The molecule has 2 aromatic rings. The molecule has 4 heteroatoms. The molecule has 0 heterocycles. The number of rotatable bonds is 3. The molecule has 0 aliphatic heterocycles. The average Bonchev–Trinajstić information content (AvgIpc) is 2.50. The van der Waals surface area contributed by atoms with Crippen LogP contribution in [0.3, 0.4) is 0 Å². The maximum atomic E-state index is 5.63. The van der Waals surface area contributed by atoms with Gasteiger partial charge in [0.05, 0.1) is 12.3 Å². The largest absolute Gasteiger partial charge is 0.471 e. The van der Waals surface area contributed by atoms with Crippen molar-refractivity contribution in [2.24, 2.45) is 0 Å². The summed E-state index contributed by atoms with van der Waals surface area (Å²) in [6.45, 7) is 4.46. The van der Waals surface area contributed by atoms with Gasteiger partial charge in [0.2, 0.25) is 0 Å². The van der Waals surface area contributed by atoms with E-state index in [4.69, 9.17) is 29.2 Å². The highest BCUT2D eigenvalue weighted by atomic mass is 32.1. The molecule has 21 heavy (non-hydrogen) atoms. The fourth-order valence-corrected chi connectivity index (χ4v) is 2.69. The summed E-state index contributed by atoms with van der Waals surface area (Å²) in [5.74, 6) is 0. The van der Waals surface area contributed by atoms with Gasteiger partial charge in [-0.3, -0.25) is 4.90 Å². The minimum Gasteiger partial charge on any atom is -0.471 e. The lowest BCUT2D eigenvalue weighted by Gasteiger charge is -2.26. The smallest absolute Gasteiger partial charge is 0.269 e. The zero-order valence-corrected chi connectivity index (χ0v) is 13.7. The molecule has 0 aliphatic carbocycles. The van der Waals surface area contributed by atoms with Crippen molar-refractivity contribution in [1.82, 2.24) is 0 Å². The van der Waals surface area contributed by atoms with Crippen LogP contribution in [0.1, 0.15) is 18.1 Å². The van der Waals surface area contributed by atoms with Crippen LogP contribution in [0.4, 0.5) is 5.69 Å². The molecule has 2 rings (SSSR count). The first-order valence-electron chi connectivity index (χ1n) is 6.77. The van der Waals surface area contributed by atoms with Gasteiger partial charge in [-0.25, -0.2) is 0 Å². The normalized spacial score (nSPS) is 10.0. The Morgan fingerprint density at radius 3 is 2.24 bits per heavy atom. The Morgan fingerprint density at radius 2 is 1.62 bits per heavy atom. The fourth-order valence-electron chi connectivity index (χ4n) is 2.00. The van der Waals surface area contributed by atoms with Gasteiger partial charge in [0.25, 0.3) is 5.17 Å². The molecule has 0 aliphatic rings. The third-order valence-electron chi connectivity index (χ3n) is 3.03. The van der Waals surface area contributed by atoms with Crippen LogP contribution in [0.2, 0.25) is 0 Å². The third kappa shape index (κ3) is 3.65. The van der Waals surface area contributed by atoms with E-state index in [1.807, 2.05) is 73.3 Å². The van der Waals surface area contributed by atoms with Crippen LogP contribution in [0.25, 0.3) is 0 Å². The van der Waals surface area contributed by atoms with Gasteiger partial charge >= 0.3 is 0 Å². The highest BCUT2D eigenvalue weighted by molar-refractivity contribution is 7.82. The molecule has 2 aromatic carbocycles. The lowest BCUT2D eigenvalue weighted by atomic mass is 10.1. The van der Waals surface area contributed by atoms with E-state index in [-0.39, 0.29) is 0 Å². The van der Waals surface area contributed by atoms with Crippen molar-refractivity contribution in [2.45, 2.75) is 13.8 Å². The Hall–Kier alpha value is -1.78. The van der Waals surface area contributed by atoms with Crippen molar-refractivity contribution in [1.29, 1.82) is 0 Å². The van der Waals surface area contributed by atoms with Gasteiger partial charge in [-0.15, -0.1) is 0 Å². The second kappa shape index (κ2) is 7.29. The maximum Gasteiger partial charge on any atom is 0.269 e. The van der Waals surface area contributed by atoms with Crippen LogP contribution in [-0.2, 0) is 4.74 Å². The first kappa shape index (κ1) is 15.6. The number of benzene rings is 2. The fraction of sp³-hybridized carbons (Fsp3) is 0.176. The van der Waals surface area contributed by atoms with Gasteiger partial charge in [-0.2, -0.15) is 0 Å². The second-order valence-corrected chi connectivity index (χ2v) is 5.23. The predicted molar refractivity (Wildman–Crippen MR) is 96.0 cm³/mol. The molecule has 0 aromatic heterocycles. The van der Waals surface area contributed by atoms with Crippen molar-refractivity contribution < 1.29 is 4.74 Å². The second-order valence-electron chi connectivity index (χ2n) is 4.49. The summed E-state index contributed by atoms with van der Waals surface area (Å²) in [7, 11) is 0. The van der Waals surface area contributed by atoms with Crippen molar-refractivity contribution in [3.8, 4) is 0 Å². The van der Waals surface area contributed by atoms with Gasteiger partial charge < -0.3 is 4.74 Å². The molecule has 108 valence electrons. The minimum atomic E-state index is 0.376. The molecular weight excluding hydrogens is 298 g/mol. The van der Waals surface area contributed by atoms with E-state index in [9.17, 15) is 0 Å². The molecule has 0 bridgehead atoms. The number of ether oxygens (including phenoxy) is 1. The molecule has 0 saturated heterocycles. The van der Waals surface area contributed by atoms with Crippen molar-refractivity contribution >= 4 is 40.3 Å². The number of thiocarbonyl (C=S) groups is 2. The number of nitrogens with zero attached hydrogens (tertiary/aromatic N) is 1. The van der Waals surface area contributed by atoms with Gasteiger partial charge in [-0.05, 0) is 37.7 Å². The summed E-state index contributed by atoms with van der Waals surface area (Å²) >= 11 is 11.0. The zero-order chi connectivity index (χ0) is 15.2. The Labute approximate surface area is 136 Å². The van der Waals surface area contributed by atoms with Gasteiger partial charge in [0.15, 0.2) is 0 Å². The van der Waals surface area contributed by atoms with E-state index in [0.29, 0.717) is 16.8 Å². The zero-order valence-electron chi connectivity index (χ0n) is 12.1. The van der Waals surface area contributed by atoms with Crippen LogP contribution in [0.15, 0.2) is 54.6 Å². The van der Waals surface area contributed by atoms with Crippen LogP contribution < -0.4 is 4.90 Å². The van der Waals surface area contributed by atoms with Crippen LogP contribution >= 0.6 is 24.4 Å². The van der Waals surface area contributed by atoms with E-state index < -0.39 is 0 Å². The highest BCUT2D eigenvalue weighted by Crippen LogP contribution is 2.23. The molecule has 2 nitrogen and oxygen atoms in total. The van der Waals surface area contributed by atoms with E-state index in [2.05, 4.69) is 0 Å². The molecule has 0 fully saturated rings. The predicted octanol–water partition coefficient (Wildman–Crippen LogP) is 4.50. The Bertz CT molecular complexity index is 640. The monoisotopic (exact) mass is 315 g/mol. The summed E-state index contributed by atoms with van der Waals surface area (Å²) in [6.07, 6.45) is 0. The number of anilines is 1. The molecule has 0 saturated carbocycles. The van der Waals surface area contributed by atoms with Gasteiger partial charge in [0, 0.05) is 5.56 Å². The minimum absolute atomic E-state index is 0.376. The Morgan fingerprint density at radius 1 is 1.00 bits per heavy atom. The summed E-state index contributed by atoms with van der Waals surface area (Å²) in [5, 5.41) is 0.376. The molecule has 0 spiro atoms. The van der Waals surface area contributed by atoms with E-state index in [0.717, 1.165) is 16.8 Å². The number of aryl methyl sites for hydroxylation is 1. The molecule has 0 atom stereocenters. The standard InChI is InChI=1S/C17H17NOS2/c1-3-19-17(21)18(15-12-8-7-9-13(15)2)16(20)14-10-5-4-6-11-14/h4-12H,3H2,1-2H3. The van der Waals surface area contributed by atoms with E-state index >= 15 is 0 Å². The summed E-state index contributed by atoms with van der Waals surface area (Å²) < 4.78 is 5.53. The lowest BCUT2D eigenvalue weighted by molar-refractivity contribution is 0.331. The number of hydrogen-bond donors (Lipinski definition) is 0. The van der Waals surface area contributed by atoms with Crippen molar-refractivity contribution in [2.75, 3.05) is 11.5 Å². The molecule has 0 N–H and O–H groups in total. The number of para-hydroxylation sites is 1. The maximum absolute atomic E-state index is 5.63. The first-order chi connectivity index (χ1) is 10.1. The average molecular weight is 315 g/mol. The van der Waals surface area contributed by atoms with Crippen LogP contribution in [0.5, 0.6) is 0 Å². The molecule has 0 amide bonds. The van der Waals surface area contributed by atoms with Crippen molar-refractivity contribution in [3.63, 3.8) is 0 Å². The van der Waals surface area contributed by atoms with Crippen molar-refractivity contribution in [3.05, 3.63) is 65.7 Å². The molecule has 0 radical (unpaired) electrons. The van der Waals surface area contributed by atoms with E-state index in [1.54, 1.807) is 0 Å². The molecular formula is C17H17NOS2. The Balaban J connectivity index is 2.45. The number of hydrogen-bond acceptors (Lipinski definition) is 3. The first-order valence-corrected chi connectivity index (χ1v) is 7.58. The molecule has 0 unspecified atom stereocenters. The topological polar surface area (TPSA) is 12.5 Å². The SMILES string of the molecule is CCOC(=S)N(C(=S)c1ccccc1)c1ccccc1C. The summed E-state index contributed by atoms with van der Waals surface area (Å²) in [5.41, 5.74) is 2.99.